The van der Waals surface area contributed by atoms with E-state index in [1.807, 2.05) is 24.3 Å². The zero-order valence-corrected chi connectivity index (χ0v) is 17.5. The molecule has 2 aliphatic heterocycles. The zero-order chi connectivity index (χ0) is 20.6. The lowest BCUT2D eigenvalue weighted by atomic mass is 9.77. The summed E-state index contributed by atoms with van der Waals surface area (Å²) in [6, 6.07) is 7.22. The maximum absolute atomic E-state index is 12.9. The molecule has 1 spiro atoms. The standard InChI is InChI=1S/C21H27ClN4O3/c1-15-6-8-21(9-7-15)19(28)26(20(29)23-21)14-18(27)25-12-10-24(11-13-25)17-5-3-2-4-16(17)22/h2-5,15H,6-14H2,1H3,(H,23,29). The number of nitrogens with one attached hydrogen (secondary N) is 1. The minimum absolute atomic E-state index is 0.186. The van der Waals surface area contributed by atoms with E-state index in [1.165, 1.54) is 0 Å². The van der Waals surface area contributed by atoms with Gasteiger partial charge < -0.3 is 15.1 Å². The molecule has 0 aromatic heterocycles. The van der Waals surface area contributed by atoms with Crippen LogP contribution in [0.4, 0.5) is 10.5 Å². The van der Waals surface area contributed by atoms with E-state index in [4.69, 9.17) is 11.6 Å². The Kier molecular flexibility index (Phi) is 5.42. The van der Waals surface area contributed by atoms with Crippen LogP contribution in [0.25, 0.3) is 0 Å². The lowest BCUT2D eigenvalue weighted by molar-refractivity contribution is -0.139. The van der Waals surface area contributed by atoms with E-state index in [2.05, 4.69) is 17.1 Å². The summed E-state index contributed by atoms with van der Waals surface area (Å²) in [5, 5.41) is 3.57. The van der Waals surface area contributed by atoms with Gasteiger partial charge in [-0.15, -0.1) is 0 Å². The fraction of sp³-hybridized carbons (Fsp3) is 0.571. The number of para-hydroxylation sites is 1. The number of halogens is 1. The maximum Gasteiger partial charge on any atom is 0.325 e. The first-order valence-corrected chi connectivity index (χ1v) is 10.7. The SMILES string of the molecule is CC1CCC2(CC1)NC(=O)N(CC(=O)N1CCN(c3ccccc3Cl)CC1)C2=O. The van der Waals surface area contributed by atoms with E-state index in [1.54, 1.807) is 4.90 Å². The number of hydrogen-bond acceptors (Lipinski definition) is 4. The number of amides is 4. The van der Waals surface area contributed by atoms with Crippen LogP contribution in [0, 0.1) is 5.92 Å². The Morgan fingerprint density at radius 3 is 2.45 bits per heavy atom. The van der Waals surface area contributed by atoms with E-state index in [0.717, 1.165) is 23.4 Å². The first-order valence-electron chi connectivity index (χ1n) is 10.3. The summed E-state index contributed by atoms with van der Waals surface area (Å²) in [5.74, 6) is 0.140. The number of carbonyl (C=O) groups excluding carboxylic acids is 3. The van der Waals surface area contributed by atoms with Crippen molar-refractivity contribution >= 4 is 35.1 Å². The van der Waals surface area contributed by atoms with Crippen LogP contribution in [-0.4, -0.2) is 65.9 Å². The van der Waals surface area contributed by atoms with E-state index in [0.29, 0.717) is 50.0 Å². The normalized spacial score (nSPS) is 27.5. The molecule has 0 bridgehead atoms. The van der Waals surface area contributed by atoms with Crippen molar-refractivity contribution < 1.29 is 14.4 Å². The summed E-state index contributed by atoms with van der Waals surface area (Å²) in [7, 11) is 0. The predicted octanol–water partition coefficient (Wildman–Crippen LogP) is 2.49. The first-order chi connectivity index (χ1) is 13.9. The van der Waals surface area contributed by atoms with Crippen molar-refractivity contribution in [3.05, 3.63) is 29.3 Å². The molecule has 0 radical (unpaired) electrons. The number of hydrogen-bond donors (Lipinski definition) is 1. The smallest absolute Gasteiger partial charge is 0.325 e. The molecule has 0 atom stereocenters. The van der Waals surface area contributed by atoms with Gasteiger partial charge >= 0.3 is 6.03 Å². The highest BCUT2D eigenvalue weighted by atomic mass is 35.5. The molecule has 3 aliphatic rings. The highest BCUT2D eigenvalue weighted by molar-refractivity contribution is 6.33. The van der Waals surface area contributed by atoms with Gasteiger partial charge in [-0.05, 0) is 43.7 Å². The number of carbonyl (C=O) groups is 3. The Morgan fingerprint density at radius 2 is 1.79 bits per heavy atom. The summed E-state index contributed by atoms with van der Waals surface area (Å²) in [6.45, 7) is 4.38. The monoisotopic (exact) mass is 418 g/mol. The van der Waals surface area contributed by atoms with Crippen molar-refractivity contribution in [3.63, 3.8) is 0 Å². The molecule has 2 saturated heterocycles. The summed E-state index contributed by atoms with van der Waals surface area (Å²) in [5.41, 5.74) is 0.163. The molecule has 1 aliphatic carbocycles. The van der Waals surface area contributed by atoms with Gasteiger partial charge in [-0.2, -0.15) is 0 Å². The second kappa shape index (κ2) is 7.86. The Labute approximate surface area is 176 Å². The number of nitrogens with zero attached hydrogens (tertiary/aromatic N) is 3. The molecule has 29 heavy (non-hydrogen) atoms. The van der Waals surface area contributed by atoms with E-state index >= 15 is 0 Å². The first kappa shape index (κ1) is 20.0. The molecule has 1 saturated carbocycles. The van der Waals surface area contributed by atoms with E-state index < -0.39 is 11.6 Å². The third-order valence-corrected chi connectivity index (χ3v) is 6.81. The molecule has 2 heterocycles. The molecule has 1 N–H and O–H groups in total. The van der Waals surface area contributed by atoms with Crippen LogP contribution in [-0.2, 0) is 9.59 Å². The van der Waals surface area contributed by atoms with Crippen LogP contribution in [0.1, 0.15) is 32.6 Å². The van der Waals surface area contributed by atoms with Gasteiger partial charge in [-0.1, -0.05) is 30.7 Å². The largest absolute Gasteiger partial charge is 0.367 e. The molecular weight excluding hydrogens is 392 g/mol. The average Bonchev–Trinajstić information content (AvgIpc) is 2.95. The number of urea groups is 1. The van der Waals surface area contributed by atoms with Crippen molar-refractivity contribution in [2.24, 2.45) is 5.92 Å². The number of rotatable bonds is 3. The van der Waals surface area contributed by atoms with Gasteiger partial charge in [0.25, 0.3) is 5.91 Å². The molecule has 4 rings (SSSR count). The van der Waals surface area contributed by atoms with Crippen molar-refractivity contribution in [1.29, 1.82) is 0 Å². The average molecular weight is 419 g/mol. The zero-order valence-electron chi connectivity index (χ0n) is 16.7. The van der Waals surface area contributed by atoms with Gasteiger partial charge in [0.05, 0.1) is 10.7 Å². The second-order valence-electron chi connectivity index (χ2n) is 8.41. The van der Waals surface area contributed by atoms with Gasteiger partial charge in [0.2, 0.25) is 5.91 Å². The molecular formula is C21H27ClN4O3. The van der Waals surface area contributed by atoms with Gasteiger partial charge in [0, 0.05) is 26.2 Å². The molecule has 3 fully saturated rings. The predicted molar refractivity (Wildman–Crippen MR) is 111 cm³/mol. The molecule has 0 unspecified atom stereocenters. The molecule has 7 nitrogen and oxygen atoms in total. The van der Waals surface area contributed by atoms with Crippen molar-refractivity contribution in [2.75, 3.05) is 37.6 Å². The van der Waals surface area contributed by atoms with Crippen molar-refractivity contribution in [3.8, 4) is 0 Å². The Balaban J connectivity index is 1.35. The second-order valence-corrected chi connectivity index (χ2v) is 8.81. The van der Waals surface area contributed by atoms with Gasteiger partial charge in [-0.25, -0.2) is 4.79 Å². The third-order valence-electron chi connectivity index (χ3n) is 6.49. The highest BCUT2D eigenvalue weighted by Crippen LogP contribution is 2.36. The van der Waals surface area contributed by atoms with Crippen LogP contribution in [0.15, 0.2) is 24.3 Å². The molecule has 4 amide bonds. The summed E-state index contributed by atoms with van der Waals surface area (Å²) < 4.78 is 0. The van der Waals surface area contributed by atoms with Crippen LogP contribution in [0.2, 0.25) is 5.02 Å². The highest BCUT2D eigenvalue weighted by Gasteiger charge is 2.52. The fourth-order valence-corrected chi connectivity index (χ4v) is 4.81. The number of benzene rings is 1. The fourth-order valence-electron chi connectivity index (χ4n) is 4.55. The Hall–Kier alpha value is -2.28. The van der Waals surface area contributed by atoms with Crippen LogP contribution in [0.3, 0.4) is 0 Å². The Bertz CT molecular complexity index is 814. The van der Waals surface area contributed by atoms with Crippen molar-refractivity contribution in [1.82, 2.24) is 15.1 Å². The lowest BCUT2D eigenvalue weighted by Crippen LogP contribution is -2.53. The quantitative estimate of drug-likeness (QED) is 0.765. The van der Waals surface area contributed by atoms with Crippen molar-refractivity contribution in [2.45, 2.75) is 38.1 Å². The number of piperazine rings is 1. The Morgan fingerprint density at radius 1 is 1.14 bits per heavy atom. The van der Waals surface area contributed by atoms with Gasteiger partial charge in [-0.3, -0.25) is 14.5 Å². The molecule has 156 valence electrons. The third kappa shape index (κ3) is 3.80. The lowest BCUT2D eigenvalue weighted by Gasteiger charge is -2.37. The summed E-state index contributed by atoms with van der Waals surface area (Å²) >= 11 is 6.27. The topological polar surface area (TPSA) is 73.0 Å². The maximum atomic E-state index is 12.9. The van der Waals surface area contributed by atoms with Crippen LogP contribution in [0.5, 0.6) is 0 Å². The minimum Gasteiger partial charge on any atom is -0.367 e. The molecule has 1 aromatic rings. The molecule has 1 aromatic carbocycles. The minimum atomic E-state index is -0.799. The number of anilines is 1. The summed E-state index contributed by atoms with van der Waals surface area (Å²) in [6.07, 6.45) is 3.13. The van der Waals surface area contributed by atoms with Crippen LogP contribution >= 0.6 is 11.6 Å². The van der Waals surface area contributed by atoms with Gasteiger partial charge in [0.1, 0.15) is 12.1 Å². The van der Waals surface area contributed by atoms with E-state index in [-0.39, 0.29) is 18.4 Å². The van der Waals surface area contributed by atoms with Crippen LogP contribution < -0.4 is 10.2 Å². The molecule has 8 heteroatoms. The number of imide groups is 1. The van der Waals surface area contributed by atoms with E-state index in [9.17, 15) is 14.4 Å². The van der Waals surface area contributed by atoms with Gasteiger partial charge in [0.15, 0.2) is 0 Å². The summed E-state index contributed by atoms with van der Waals surface area (Å²) in [4.78, 5) is 43.1.